The highest BCUT2D eigenvalue weighted by atomic mass is 79.9. The Bertz CT molecular complexity index is 394. The monoisotopic (exact) mass is 285 g/mol. The van der Waals surface area contributed by atoms with Gasteiger partial charge in [-0.05, 0) is 40.5 Å². The average Bonchev–Trinajstić information content (AvgIpc) is 2.58. The fourth-order valence-electron chi connectivity index (χ4n) is 1.63. The van der Waals surface area contributed by atoms with E-state index in [0.717, 1.165) is 9.70 Å². The quantitative estimate of drug-likeness (QED) is 0.828. The first-order valence-electron chi connectivity index (χ1n) is 4.74. The topological polar surface area (TPSA) is 21.6 Å². The van der Waals surface area contributed by atoms with E-state index in [1.165, 1.54) is 5.56 Å². The number of aliphatic imine (C=N–C) groups is 1. The molecular weight excluding hydrogens is 274 g/mol. The minimum absolute atomic E-state index is 0.316. The van der Waals surface area contributed by atoms with E-state index in [1.54, 1.807) is 18.9 Å². The molecule has 0 N–H and O–H groups in total. The van der Waals surface area contributed by atoms with Gasteiger partial charge in [0, 0.05) is 0 Å². The van der Waals surface area contributed by atoms with Gasteiger partial charge in [0.2, 0.25) is 0 Å². The van der Waals surface area contributed by atoms with E-state index in [-0.39, 0.29) is 0 Å². The molecule has 80 valence electrons. The lowest BCUT2D eigenvalue weighted by atomic mass is 10.1. The molecule has 4 heteroatoms. The fraction of sp³-hybridized carbons (Fsp3) is 0.364. The van der Waals surface area contributed by atoms with E-state index in [4.69, 9.17) is 4.74 Å². The van der Waals surface area contributed by atoms with Crippen LogP contribution in [0.3, 0.4) is 0 Å². The van der Waals surface area contributed by atoms with Crippen molar-refractivity contribution in [1.82, 2.24) is 0 Å². The molecule has 1 aromatic rings. The molecule has 1 heterocycles. The first-order valence-corrected chi connectivity index (χ1v) is 6.42. The van der Waals surface area contributed by atoms with E-state index in [0.29, 0.717) is 11.3 Å². The van der Waals surface area contributed by atoms with Crippen molar-refractivity contribution in [2.45, 2.75) is 18.2 Å². The van der Waals surface area contributed by atoms with Crippen LogP contribution in [0.2, 0.25) is 0 Å². The number of thioether (sulfide) groups is 1. The Morgan fingerprint density at radius 2 is 2.27 bits per heavy atom. The molecule has 2 rings (SSSR count). The van der Waals surface area contributed by atoms with Crippen LogP contribution in [0, 0.1) is 0 Å². The zero-order chi connectivity index (χ0) is 10.8. The van der Waals surface area contributed by atoms with Gasteiger partial charge in [-0.25, -0.2) is 0 Å². The van der Waals surface area contributed by atoms with Gasteiger partial charge < -0.3 is 4.74 Å². The predicted octanol–water partition coefficient (Wildman–Crippen LogP) is 3.62. The van der Waals surface area contributed by atoms with E-state index >= 15 is 0 Å². The predicted molar refractivity (Wildman–Crippen MR) is 69.2 cm³/mol. The van der Waals surface area contributed by atoms with Crippen LogP contribution in [0.1, 0.15) is 17.7 Å². The lowest BCUT2D eigenvalue weighted by Crippen LogP contribution is -2.04. The molecule has 0 aliphatic carbocycles. The first-order chi connectivity index (χ1) is 7.20. The zero-order valence-electron chi connectivity index (χ0n) is 8.61. The standard InChI is InChI=1S/C11H12BrNOS/c1-7-10(15-11(12)13-7)8-4-3-5-9(6-8)14-2/h3-7,10H,1-2H3/t7-,10?/m1/s1. The molecule has 1 aromatic carbocycles. The summed E-state index contributed by atoms with van der Waals surface area (Å²) in [4.78, 5) is 4.46. The molecule has 0 fully saturated rings. The minimum atomic E-state index is 0.316. The smallest absolute Gasteiger partial charge is 0.135 e. The maximum atomic E-state index is 5.22. The molecule has 0 saturated carbocycles. The highest BCUT2D eigenvalue weighted by Crippen LogP contribution is 2.42. The van der Waals surface area contributed by atoms with Crippen LogP contribution >= 0.6 is 27.7 Å². The summed E-state index contributed by atoms with van der Waals surface area (Å²) < 4.78 is 6.21. The summed E-state index contributed by atoms with van der Waals surface area (Å²) >= 11 is 5.19. The lowest BCUT2D eigenvalue weighted by molar-refractivity contribution is 0.414. The SMILES string of the molecule is COc1cccc(C2SC(Br)=N[C@@H]2C)c1. The zero-order valence-corrected chi connectivity index (χ0v) is 11.0. The Morgan fingerprint density at radius 3 is 2.87 bits per heavy atom. The third-order valence-corrected chi connectivity index (χ3v) is 4.38. The van der Waals surface area contributed by atoms with Crippen LogP contribution in [0.5, 0.6) is 5.75 Å². The van der Waals surface area contributed by atoms with Gasteiger partial charge in [-0.15, -0.1) is 0 Å². The van der Waals surface area contributed by atoms with E-state index in [9.17, 15) is 0 Å². The molecule has 1 aliphatic rings. The van der Waals surface area contributed by atoms with Crippen LogP contribution in [0.4, 0.5) is 0 Å². The Kier molecular flexibility index (Phi) is 3.36. The summed E-state index contributed by atoms with van der Waals surface area (Å²) in [5.41, 5.74) is 1.27. The van der Waals surface area contributed by atoms with Crippen molar-refractivity contribution in [3.05, 3.63) is 29.8 Å². The van der Waals surface area contributed by atoms with E-state index in [2.05, 4.69) is 40.0 Å². The first kappa shape index (κ1) is 11.0. The van der Waals surface area contributed by atoms with Crippen molar-refractivity contribution in [3.63, 3.8) is 0 Å². The largest absolute Gasteiger partial charge is 0.497 e. The third-order valence-electron chi connectivity index (χ3n) is 2.39. The van der Waals surface area contributed by atoms with Gasteiger partial charge in [0.1, 0.15) is 9.70 Å². The second-order valence-electron chi connectivity index (χ2n) is 3.44. The number of rotatable bonds is 2. The van der Waals surface area contributed by atoms with Gasteiger partial charge in [-0.2, -0.15) is 0 Å². The van der Waals surface area contributed by atoms with Crippen LogP contribution in [0.25, 0.3) is 0 Å². The maximum Gasteiger partial charge on any atom is 0.135 e. The molecule has 2 nitrogen and oxygen atoms in total. The number of nitrogens with zero attached hydrogens (tertiary/aromatic N) is 1. The number of benzene rings is 1. The highest BCUT2D eigenvalue weighted by molar-refractivity contribution is 9.22. The summed E-state index contributed by atoms with van der Waals surface area (Å²) in [6, 6.07) is 8.50. The number of hydrogen-bond acceptors (Lipinski definition) is 3. The number of hydrogen-bond donors (Lipinski definition) is 0. The molecule has 1 unspecified atom stereocenters. The van der Waals surface area contributed by atoms with Gasteiger partial charge in [-0.3, -0.25) is 4.99 Å². The van der Waals surface area contributed by atoms with Crippen molar-refractivity contribution in [2.24, 2.45) is 4.99 Å². The highest BCUT2D eigenvalue weighted by Gasteiger charge is 2.27. The van der Waals surface area contributed by atoms with Crippen LogP contribution < -0.4 is 4.74 Å². The van der Waals surface area contributed by atoms with Gasteiger partial charge in [0.25, 0.3) is 0 Å². The number of ether oxygens (including phenoxy) is 1. The fourth-order valence-corrected chi connectivity index (χ4v) is 3.53. The lowest BCUT2D eigenvalue weighted by Gasteiger charge is -2.14. The summed E-state index contributed by atoms with van der Waals surface area (Å²) in [5.74, 6) is 0.906. The van der Waals surface area contributed by atoms with Crippen molar-refractivity contribution in [3.8, 4) is 5.75 Å². The van der Waals surface area contributed by atoms with Gasteiger partial charge in [0.15, 0.2) is 0 Å². The summed E-state index contributed by atoms with van der Waals surface area (Å²) in [5, 5.41) is 0.398. The molecule has 2 atom stereocenters. The molecule has 0 radical (unpaired) electrons. The molecule has 0 aromatic heterocycles. The van der Waals surface area contributed by atoms with Crippen molar-refractivity contribution >= 4 is 31.6 Å². The summed E-state index contributed by atoms with van der Waals surface area (Å²) in [6.45, 7) is 2.13. The Labute approximate surface area is 102 Å². The van der Waals surface area contributed by atoms with Crippen molar-refractivity contribution in [2.75, 3.05) is 7.11 Å². The maximum absolute atomic E-state index is 5.22. The van der Waals surface area contributed by atoms with Gasteiger partial charge in [0.05, 0.1) is 18.4 Å². The molecule has 0 saturated heterocycles. The summed E-state index contributed by atoms with van der Waals surface area (Å²) in [6.07, 6.45) is 0. The third kappa shape index (κ3) is 2.37. The average molecular weight is 286 g/mol. The van der Waals surface area contributed by atoms with Gasteiger partial charge >= 0.3 is 0 Å². The summed E-state index contributed by atoms with van der Waals surface area (Å²) in [7, 11) is 1.69. The molecule has 15 heavy (non-hydrogen) atoms. The van der Waals surface area contributed by atoms with Crippen LogP contribution in [-0.4, -0.2) is 17.1 Å². The Morgan fingerprint density at radius 1 is 1.47 bits per heavy atom. The van der Waals surface area contributed by atoms with E-state index in [1.807, 2.05) is 12.1 Å². The number of methoxy groups -OCH3 is 1. The molecule has 0 spiro atoms. The second kappa shape index (κ2) is 4.58. The molecule has 0 amide bonds. The Hall–Kier alpha value is -0.480. The second-order valence-corrected chi connectivity index (χ2v) is 5.84. The van der Waals surface area contributed by atoms with E-state index < -0.39 is 0 Å². The Balaban J connectivity index is 2.23. The van der Waals surface area contributed by atoms with Gasteiger partial charge in [-0.1, -0.05) is 23.9 Å². The van der Waals surface area contributed by atoms with Crippen LogP contribution in [0.15, 0.2) is 29.3 Å². The van der Waals surface area contributed by atoms with Crippen LogP contribution in [-0.2, 0) is 0 Å². The van der Waals surface area contributed by atoms with Crippen molar-refractivity contribution in [1.29, 1.82) is 0 Å². The molecular formula is C11H12BrNOS. The number of halogens is 1. The van der Waals surface area contributed by atoms with Crippen molar-refractivity contribution < 1.29 is 4.74 Å². The normalized spacial score (nSPS) is 25.1. The molecule has 0 bridgehead atoms. The molecule has 1 aliphatic heterocycles. The minimum Gasteiger partial charge on any atom is -0.497 e.